The number of benzene rings is 1. The molecule has 0 aromatic heterocycles. The Hall–Kier alpha value is -1.55. The smallest absolute Gasteiger partial charge is 0.332 e. The van der Waals surface area contributed by atoms with Gasteiger partial charge >= 0.3 is 5.97 Å². The molecule has 1 aromatic carbocycles. The molecule has 16 heavy (non-hydrogen) atoms. The maximum Gasteiger partial charge on any atom is 0.332 e. The van der Waals surface area contributed by atoms with Crippen molar-refractivity contribution in [3.05, 3.63) is 29.8 Å². The van der Waals surface area contributed by atoms with E-state index in [1.807, 2.05) is 24.3 Å². The zero-order valence-corrected chi connectivity index (χ0v) is 9.14. The van der Waals surface area contributed by atoms with Crippen LogP contribution < -0.4 is 4.74 Å². The van der Waals surface area contributed by atoms with Crippen LogP contribution in [0.3, 0.4) is 0 Å². The van der Waals surface area contributed by atoms with Crippen LogP contribution in [0.5, 0.6) is 5.75 Å². The summed E-state index contributed by atoms with van der Waals surface area (Å²) in [5.41, 5.74) is 0.929. The van der Waals surface area contributed by atoms with Gasteiger partial charge in [0.05, 0.1) is 6.61 Å². The lowest BCUT2D eigenvalue weighted by Gasteiger charge is -2.25. The van der Waals surface area contributed by atoms with Crippen LogP contribution in [0.4, 0.5) is 0 Å². The third-order valence-electron chi connectivity index (χ3n) is 2.44. The predicted octanol–water partition coefficient (Wildman–Crippen LogP) is 1.70. The molecule has 2 rings (SSSR count). The van der Waals surface area contributed by atoms with Gasteiger partial charge in [-0.15, -0.1) is 0 Å². The van der Waals surface area contributed by atoms with E-state index >= 15 is 0 Å². The second kappa shape index (κ2) is 4.99. The fourth-order valence-electron chi connectivity index (χ4n) is 1.74. The van der Waals surface area contributed by atoms with Crippen LogP contribution in [-0.2, 0) is 14.3 Å². The molecule has 1 aliphatic rings. The van der Waals surface area contributed by atoms with E-state index in [-0.39, 0.29) is 18.7 Å². The number of para-hydroxylation sites is 1. The van der Waals surface area contributed by atoms with Crippen LogP contribution in [0, 0.1) is 0 Å². The third-order valence-corrected chi connectivity index (χ3v) is 2.44. The predicted molar refractivity (Wildman–Crippen MR) is 57.3 cm³/mol. The fraction of sp³-hybridized carbons (Fsp3) is 0.417. The van der Waals surface area contributed by atoms with E-state index < -0.39 is 0 Å². The maximum atomic E-state index is 11.3. The minimum Gasteiger partial charge on any atom is -0.493 e. The molecule has 1 atom stereocenters. The summed E-state index contributed by atoms with van der Waals surface area (Å²) in [7, 11) is 1.47. The Morgan fingerprint density at radius 3 is 3.12 bits per heavy atom. The van der Waals surface area contributed by atoms with E-state index in [0.717, 1.165) is 11.3 Å². The Morgan fingerprint density at radius 1 is 1.50 bits per heavy atom. The zero-order chi connectivity index (χ0) is 11.4. The van der Waals surface area contributed by atoms with E-state index in [4.69, 9.17) is 14.2 Å². The first kappa shape index (κ1) is 11.0. The summed E-state index contributed by atoms with van der Waals surface area (Å²) in [5, 5.41) is 0. The highest BCUT2D eigenvalue weighted by Gasteiger charge is 2.24. The van der Waals surface area contributed by atoms with Gasteiger partial charge in [0.1, 0.15) is 18.5 Å². The fourth-order valence-corrected chi connectivity index (χ4v) is 1.74. The topological polar surface area (TPSA) is 44.8 Å². The van der Waals surface area contributed by atoms with Crippen LogP contribution in [0.1, 0.15) is 18.1 Å². The molecule has 0 saturated carbocycles. The molecule has 0 amide bonds. The van der Waals surface area contributed by atoms with Gasteiger partial charge in [-0.25, -0.2) is 4.79 Å². The molecule has 1 aliphatic heterocycles. The van der Waals surface area contributed by atoms with E-state index in [1.54, 1.807) is 0 Å². The number of rotatable bonds is 3. The molecule has 0 spiro atoms. The number of hydrogen-bond acceptors (Lipinski definition) is 4. The molecule has 4 heteroatoms. The number of carbonyl (C=O) groups is 1. The maximum absolute atomic E-state index is 11.3. The zero-order valence-electron chi connectivity index (χ0n) is 9.14. The van der Waals surface area contributed by atoms with Crippen molar-refractivity contribution in [2.24, 2.45) is 0 Å². The van der Waals surface area contributed by atoms with Gasteiger partial charge in [-0.3, -0.25) is 0 Å². The summed E-state index contributed by atoms with van der Waals surface area (Å²) in [6.07, 6.45) is 0.472. The van der Waals surface area contributed by atoms with E-state index in [2.05, 4.69) is 0 Å². The van der Waals surface area contributed by atoms with Crippen molar-refractivity contribution in [2.75, 3.05) is 20.3 Å². The van der Waals surface area contributed by atoms with Crippen molar-refractivity contribution in [3.63, 3.8) is 0 Å². The molecule has 0 saturated heterocycles. The van der Waals surface area contributed by atoms with Crippen LogP contribution in [0.15, 0.2) is 24.3 Å². The summed E-state index contributed by atoms with van der Waals surface area (Å²) in [4.78, 5) is 11.3. The number of methoxy groups -OCH3 is 1. The summed E-state index contributed by atoms with van der Waals surface area (Å²) in [6, 6.07) is 7.60. The molecule has 0 bridgehead atoms. The van der Waals surface area contributed by atoms with Crippen LogP contribution >= 0.6 is 0 Å². The molecule has 86 valence electrons. The largest absolute Gasteiger partial charge is 0.493 e. The highest BCUT2D eigenvalue weighted by Crippen LogP contribution is 2.33. The van der Waals surface area contributed by atoms with Gasteiger partial charge in [0.25, 0.3) is 0 Å². The van der Waals surface area contributed by atoms with Gasteiger partial charge in [0.15, 0.2) is 0 Å². The Morgan fingerprint density at radius 2 is 2.31 bits per heavy atom. The van der Waals surface area contributed by atoms with Gasteiger partial charge in [-0.1, -0.05) is 18.2 Å². The molecule has 0 radical (unpaired) electrons. The van der Waals surface area contributed by atoms with Crippen molar-refractivity contribution in [3.8, 4) is 5.75 Å². The monoisotopic (exact) mass is 222 g/mol. The Balaban J connectivity index is 2.10. The summed E-state index contributed by atoms with van der Waals surface area (Å²) >= 11 is 0. The van der Waals surface area contributed by atoms with E-state index in [9.17, 15) is 4.79 Å². The molecule has 0 aliphatic carbocycles. The Labute approximate surface area is 94.1 Å². The molecule has 1 aromatic rings. The van der Waals surface area contributed by atoms with Crippen molar-refractivity contribution in [1.29, 1.82) is 0 Å². The van der Waals surface area contributed by atoms with Gasteiger partial charge in [0, 0.05) is 19.1 Å². The van der Waals surface area contributed by atoms with Gasteiger partial charge < -0.3 is 14.2 Å². The second-order valence-electron chi connectivity index (χ2n) is 3.59. The minimum atomic E-state index is -0.343. The average molecular weight is 222 g/mol. The molecule has 0 fully saturated rings. The summed E-state index contributed by atoms with van der Waals surface area (Å²) in [6.45, 7) is 0.557. The first-order chi connectivity index (χ1) is 7.81. The second-order valence-corrected chi connectivity index (χ2v) is 3.59. The lowest BCUT2D eigenvalue weighted by atomic mass is 10.0. The normalized spacial score (nSPS) is 18.4. The molecular formula is C12H14O4. The van der Waals surface area contributed by atoms with Crippen LogP contribution in [0.2, 0.25) is 0 Å². The van der Waals surface area contributed by atoms with E-state index in [0.29, 0.717) is 13.0 Å². The number of ether oxygens (including phenoxy) is 3. The van der Waals surface area contributed by atoms with Crippen LogP contribution in [-0.4, -0.2) is 26.3 Å². The van der Waals surface area contributed by atoms with Crippen molar-refractivity contribution < 1.29 is 19.0 Å². The lowest BCUT2D eigenvalue weighted by molar-refractivity contribution is -0.155. The minimum absolute atomic E-state index is 0.0144. The lowest BCUT2D eigenvalue weighted by Crippen LogP contribution is -2.21. The Bertz CT molecular complexity index is 375. The number of esters is 1. The first-order valence-electron chi connectivity index (χ1n) is 5.21. The van der Waals surface area contributed by atoms with Crippen molar-refractivity contribution >= 4 is 5.97 Å². The highest BCUT2D eigenvalue weighted by atomic mass is 16.6. The van der Waals surface area contributed by atoms with Crippen LogP contribution in [0.25, 0.3) is 0 Å². The molecule has 1 unspecified atom stereocenters. The van der Waals surface area contributed by atoms with Gasteiger partial charge in [0.2, 0.25) is 0 Å². The van der Waals surface area contributed by atoms with E-state index in [1.165, 1.54) is 7.11 Å². The molecular weight excluding hydrogens is 208 g/mol. The number of fused-ring (bicyclic) bond motifs is 1. The molecule has 1 heterocycles. The van der Waals surface area contributed by atoms with Gasteiger partial charge in [-0.05, 0) is 6.07 Å². The van der Waals surface area contributed by atoms with Gasteiger partial charge in [-0.2, -0.15) is 0 Å². The number of carbonyl (C=O) groups excluding carboxylic acids is 1. The number of hydrogen-bond donors (Lipinski definition) is 0. The molecule has 0 N–H and O–H groups in total. The highest BCUT2D eigenvalue weighted by molar-refractivity contribution is 5.71. The van der Waals surface area contributed by atoms with Crippen molar-refractivity contribution in [2.45, 2.75) is 12.5 Å². The summed E-state index contributed by atoms with van der Waals surface area (Å²) < 4.78 is 15.5. The standard InChI is InChI=1S/C12H14O4/c1-14-8-12(13)16-11-6-7-15-10-5-3-2-4-9(10)11/h2-5,11H,6-8H2,1H3. The van der Waals surface area contributed by atoms with Crippen molar-refractivity contribution in [1.82, 2.24) is 0 Å². The third kappa shape index (κ3) is 2.33. The summed E-state index contributed by atoms with van der Waals surface area (Å²) in [5.74, 6) is 0.452. The first-order valence-corrected chi connectivity index (χ1v) is 5.21. The quantitative estimate of drug-likeness (QED) is 0.730. The Kier molecular flexibility index (Phi) is 3.41. The average Bonchev–Trinajstić information content (AvgIpc) is 2.30. The SMILES string of the molecule is COCC(=O)OC1CCOc2ccccc21. The molecule has 4 nitrogen and oxygen atoms in total.